The van der Waals surface area contributed by atoms with Crippen LogP contribution < -0.4 is 5.32 Å². The summed E-state index contributed by atoms with van der Waals surface area (Å²) in [4.78, 5) is 49.4. The number of amides is 2. The van der Waals surface area contributed by atoms with E-state index < -0.39 is 35.4 Å². The maximum Gasteiger partial charge on any atom is 0.343 e. The molecule has 0 aromatic rings. The Morgan fingerprint density at radius 1 is 1.07 bits per heavy atom. The molecule has 27 heavy (non-hydrogen) atoms. The minimum Gasteiger partial charge on any atom is -0.481 e. The van der Waals surface area contributed by atoms with Gasteiger partial charge in [-0.1, -0.05) is 37.4 Å². The fourth-order valence-electron chi connectivity index (χ4n) is 2.45. The molecule has 1 aliphatic rings. The molecule has 0 fully saturated rings. The zero-order valence-corrected chi connectivity index (χ0v) is 16.9. The van der Waals surface area contributed by atoms with Crippen molar-refractivity contribution in [2.45, 2.75) is 45.6 Å². The zero-order chi connectivity index (χ0) is 20.4. The number of nitrogens with one attached hydrogen (secondary N) is 1. The van der Waals surface area contributed by atoms with E-state index in [-0.39, 0.29) is 12.8 Å². The molecule has 0 saturated heterocycles. The van der Waals surface area contributed by atoms with E-state index in [2.05, 4.69) is 5.32 Å². The molecule has 1 unspecified atom stereocenters. The lowest BCUT2D eigenvalue weighted by molar-refractivity contribution is -0.141. The molecule has 150 valence electrons. The fraction of sp³-hybridized carbons (Fsp3) is 0.529. The van der Waals surface area contributed by atoms with Gasteiger partial charge in [0.2, 0.25) is 5.91 Å². The molecular formula is C17H24N2O6S2. The normalized spacial score (nSPS) is 13.9. The molecule has 1 atom stereocenters. The molecule has 0 aliphatic carbocycles. The molecule has 0 aromatic heterocycles. The van der Waals surface area contributed by atoms with E-state index in [9.17, 15) is 24.3 Å². The van der Waals surface area contributed by atoms with Crippen LogP contribution in [-0.2, 0) is 19.2 Å². The van der Waals surface area contributed by atoms with Gasteiger partial charge in [-0.3, -0.25) is 14.4 Å². The molecule has 0 radical (unpaired) electrons. The Balaban J connectivity index is 3.03. The molecule has 0 saturated carbocycles. The van der Waals surface area contributed by atoms with Gasteiger partial charge in [0.05, 0.1) is 4.24 Å². The first-order valence-electron chi connectivity index (χ1n) is 8.59. The van der Waals surface area contributed by atoms with Crippen molar-refractivity contribution in [2.24, 2.45) is 0 Å². The van der Waals surface area contributed by atoms with Crippen LogP contribution in [0.1, 0.15) is 39.5 Å². The smallest absolute Gasteiger partial charge is 0.343 e. The van der Waals surface area contributed by atoms with Crippen LogP contribution in [-0.4, -0.2) is 58.0 Å². The standard InChI is InChI=1S/C17H24N2O6S2/c1-3-7-19(8-4-2)15(23)11(5-6-12(20)21)18-14(22)13(16(24)25)17-26-9-10-27-17/h9-11H,3-8H2,1-2H3,(H,18,22)(H,20,21)(H,24,25). The van der Waals surface area contributed by atoms with Gasteiger partial charge in [0.25, 0.3) is 5.91 Å². The molecule has 8 nitrogen and oxygen atoms in total. The van der Waals surface area contributed by atoms with E-state index in [0.717, 1.165) is 23.5 Å². The first kappa shape index (κ1) is 23.1. The number of thioether (sulfide) groups is 2. The predicted octanol–water partition coefficient (Wildman–Crippen LogP) is 2.23. The van der Waals surface area contributed by atoms with Crippen LogP contribution in [0.3, 0.4) is 0 Å². The second-order valence-electron chi connectivity index (χ2n) is 5.76. The summed E-state index contributed by atoms with van der Waals surface area (Å²) in [6.07, 6.45) is 1.01. The quantitative estimate of drug-likeness (QED) is 0.266. The number of hydrogen-bond donors (Lipinski definition) is 3. The molecule has 3 N–H and O–H groups in total. The Morgan fingerprint density at radius 3 is 2.07 bits per heavy atom. The predicted molar refractivity (Wildman–Crippen MR) is 105 cm³/mol. The van der Waals surface area contributed by atoms with Crippen molar-refractivity contribution < 1.29 is 29.4 Å². The number of rotatable bonds is 11. The Kier molecular flexibility index (Phi) is 10.0. The van der Waals surface area contributed by atoms with Gasteiger partial charge in [-0.2, -0.15) is 0 Å². The Labute approximate surface area is 166 Å². The second-order valence-corrected chi connectivity index (χ2v) is 7.85. The molecule has 0 bridgehead atoms. The van der Waals surface area contributed by atoms with Crippen LogP contribution in [0, 0.1) is 0 Å². The van der Waals surface area contributed by atoms with Crippen LogP contribution in [0.2, 0.25) is 0 Å². The van der Waals surface area contributed by atoms with Crippen molar-refractivity contribution in [1.82, 2.24) is 10.2 Å². The van der Waals surface area contributed by atoms with Gasteiger partial charge in [0.1, 0.15) is 11.6 Å². The van der Waals surface area contributed by atoms with Crippen molar-refractivity contribution in [2.75, 3.05) is 13.1 Å². The van der Waals surface area contributed by atoms with Crippen LogP contribution in [0.25, 0.3) is 0 Å². The van der Waals surface area contributed by atoms with Crippen molar-refractivity contribution in [3.8, 4) is 0 Å². The van der Waals surface area contributed by atoms with Gasteiger partial charge in [0.15, 0.2) is 0 Å². The van der Waals surface area contributed by atoms with E-state index in [1.807, 2.05) is 13.8 Å². The second kappa shape index (κ2) is 11.7. The van der Waals surface area contributed by atoms with Crippen molar-refractivity contribution >= 4 is 47.3 Å². The van der Waals surface area contributed by atoms with Gasteiger partial charge in [-0.25, -0.2) is 4.79 Å². The lowest BCUT2D eigenvalue weighted by Gasteiger charge is -2.27. The monoisotopic (exact) mass is 416 g/mol. The molecule has 1 aliphatic heterocycles. The van der Waals surface area contributed by atoms with Gasteiger partial charge < -0.3 is 20.4 Å². The Morgan fingerprint density at radius 2 is 1.63 bits per heavy atom. The lowest BCUT2D eigenvalue weighted by atomic mass is 10.1. The van der Waals surface area contributed by atoms with Gasteiger partial charge >= 0.3 is 11.9 Å². The minimum absolute atomic E-state index is 0.107. The summed E-state index contributed by atoms with van der Waals surface area (Å²) in [6.45, 7) is 4.79. The highest BCUT2D eigenvalue weighted by molar-refractivity contribution is 8.27. The van der Waals surface area contributed by atoms with E-state index >= 15 is 0 Å². The summed E-state index contributed by atoms with van der Waals surface area (Å²) in [7, 11) is 0. The first-order chi connectivity index (χ1) is 12.8. The summed E-state index contributed by atoms with van der Waals surface area (Å²) >= 11 is 2.23. The van der Waals surface area contributed by atoms with Crippen LogP contribution in [0.5, 0.6) is 0 Å². The largest absolute Gasteiger partial charge is 0.481 e. The third-order valence-electron chi connectivity index (χ3n) is 3.60. The minimum atomic E-state index is -1.39. The fourth-order valence-corrected chi connectivity index (χ4v) is 4.29. The highest BCUT2D eigenvalue weighted by Crippen LogP contribution is 2.40. The van der Waals surface area contributed by atoms with E-state index in [1.54, 1.807) is 15.7 Å². The first-order valence-corrected chi connectivity index (χ1v) is 10.3. The molecule has 0 aromatic carbocycles. The number of hydrogen-bond acceptors (Lipinski definition) is 6. The van der Waals surface area contributed by atoms with E-state index in [0.29, 0.717) is 30.2 Å². The van der Waals surface area contributed by atoms with Gasteiger partial charge in [-0.15, -0.1) is 0 Å². The maximum absolute atomic E-state index is 12.8. The SMILES string of the molecule is CCCN(CCC)C(=O)C(CCC(=O)O)NC(=O)C(C(=O)O)=C1SC=CS1. The van der Waals surface area contributed by atoms with Crippen LogP contribution >= 0.6 is 23.5 Å². The van der Waals surface area contributed by atoms with Crippen LogP contribution in [0.15, 0.2) is 20.6 Å². The van der Waals surface area contributed by atoms with Gasteiger partial charge in [-0.05, 0) is 30.1 Å². The Bertz CT molecular complexity index is 631. The van der Waals surface area contributed by atoms with Crippen LogP contribution in [0.4, 0.5) is 0 Å². The number of carboxylic acid groups (broad SMARTS) is 2. The topological polar surface area (TPSA) is 124 Å². The zero-order valence-electron chi connectivity index (χ0n) is 15.3. The third-order valence-corrected chi connectivity index (χ3v) is 5.73. The third kappa shape index (κ3) is 7.30. The summed E-state index contributed by atoms with van der Waals surface area (Å²) in [5.74, 6) is -3.78. The number of nitrogens with zero attached hydrogens (tertiary/aromatic N) is 1. The van der Waals surface area contributed by atoms with Gasteiger partial charge in [0, 0.05) is 19.5 Å². The molecular weight excluding hydrogens is 392 g/mol. The maximum atomic E-state index is 12.8. The van der Waals surface area contributed by atoms with Crippen molar-refractivity contribution in [1.29, 1.82) is 0 Å². The number of carbonyl (C=O) groups is 4. The number of aliphatic carboxylic acids is 2. The molecule has 0 spiro atoms. The summed E-state index contributed by atoms with van der Waals surface area (Å²) in [5, 5.41) is 24.1. The number of carboxylic acids is 2. The van der Waals surface area contributed by atoms with Crippen molar-refractivity contribution in [3.05, 3.63) is 20.6 Å². The summed E-state index contributed by atoms with van der Waals surface area (Å²) in [5.41, 5.74) is -0.444. The highest BCUT2D eigenvalue weighted by Gasteiger charge is 2.31. The molecule has 1 heterocycles. The van der Waals surface area contributed by atoms with E-state index in [4.69, 9.17) is 5.11 Å². The molecule has 1 rings (SSSR count). The summed E-state index contributed by atoms with van der Waals surface area (Å²) in [6, 6.07) is -1.09. The average molecular weight is 417 g/mol. The van der Waals surface area contributed by atoms with Crippen molar-refractivity contribution in [3.63, 3.8) is 0 Å². The average Bonchev–Trinajstić information content (AvgIpc) is 3.11. The molecule has 10 heteroatoms. The number of carbonyl (C=O) groups excluding carboxylic acids is 2. The summed E-state index contributed by atoms with van der Waals surface area (Å²) < 4.78 is 0.309. The molecule has 2 amide bonds. The highest BCUT2D eigenvalue weighted by atomic mass is 32.2. The Hall–Kier alpha value is -1.94. The lowest BCUT2D eigenvalue weighted by Crippen LogP contribution is -2.50. The van der Waals surface area contributed by atoms with E-state index in [1.165, 1.54) is 0 Å².